The first-order chi connectivity index (χ1) is 14.2. The van der Waals surface area contributed by atoms with E-state index in [1.165, 1.54) is 5.56 Å². The van der Waals surface area contributed by atoms with Crippen molar-refractivity contribution >= 4 is 41.5 Å². The van der Waals surface area contributed by atoms with Crippen LogP contribution in [0.15, 0.2) is 77.9 Å². The molecule has 158 valence electrons. The highest BCUT2D eigenvalue weighted by Gasteiger charge is 2.01. The van der Waals surface area contributed by atoms with Gasteiger partial charge in [0.25, 0.3) is 0 Å². The number of aromatic nitrogens is 1. The van der Waals surface area contributed by atoms with Crippen molar-refractivity contribution in [2.24, 2.45) is 4.99 Å². The molecule has 2 aromatic carbocycles. The van der Waals surface area contributed by atoms with Crippen LogP contribution < -0.4 is 15.4 Å². The molecule has 30 heavy (non-hydrogen) atoms. The van der Waals surface area contributed by atoms with Crippen LogP contribution in [0.5, 0.6) is 5.75 Å². The molecule has 0 unspecified atom stereocenters. The van der Waals surface area contributed by atoms with Crippen molar-refractivity contribution in [1.29, 1.82) is 0 Å². The summed E-state index contributed by atoms with van der Waals surface area (Å²) in [5, 5.41) is 7.41. The highest BCUT2D eigenvalue weighted by Crippen LogP contribution is 2.14. The third kappa shape index (κ3) is 8.20. The Hall–Kier alpha value is -2.32. The van der Waals surface area contributed by atoms with Gasteiger partial charge in [-0.15, -0.1) is 24.0 Å². The molecular formula is C23H26ClIN4O. The average molecular weight is 537 g/mol. The molecule has 0 aliphatic carbocycles. The Bertz CT molecular complexity index is 903. The highest BCUT2D eigenvalue weighted by molar-refractivity contribution is 14.0. The molecular weight excluding hydrogens is 511 g/mol. The second-order valence-corrected chi connectivity index (χ2v) is 6.92. The fraction of sp³-hybridized carbons (Fsp3) is 0.217. The zero-order valence-electron chi connectivity index (χ0n) is 16.8. The number of pyridine rings is 1. The Labute approximate surface area is 200 Å². The molecule has 0 atom stereocenters. The van der Waals surface area contributed by atoms with Crippen LogP contribution >= 0.6 is 35.6 Å². The first kappa shape index (κ1) is 24.0. The number of ether oxygens (including phenoxy) is 1. The van der Waals surface area contributed by atoms with Crippen LogP contribution in [-0.4, -0.2) is 24.5 Å². The predicted octanol–water partition coefficient (Wildman–Crippen LogP) is 4.84. The van der Waals surface area contributed by atoms with E-state index < -0.39 is 0 Å². The van der Waals surface area contributed by atoms with Crippen LogP contribution in [0.2, 0.25) is 5.02 Å². The van der Waals surface area contributed by atoms with E-state index in [-0.39, 0.29) is 24.0 Å². The number of rotatable bonds is 8. The number of guanidine groups is 1. The molecule has 7 heteroatoms. The Balaban J connectivity index is 0.00000320. The van der Waals surface area contributed by atoms with Gasteiger partial charge in [0, 0.05) is 31.4 Å². The smallest absolute Gasteiger partial charge is 0.191 e. The molecule has 3 aromatic rings. The van der Waals surface area contributed by atoms with Gasteiger partial charge in [0.15, 0.2) is 5.96 Å². The maximum Gasteiger partial charge on any atom is 0.191 e. The number of hydrogen-bond acceptors (Lipinski definition) is 3. The summed E-state index contributed by atoms with van der Waals surface area (Å²) in [5.74, 6) is 1.60. The Morgan fingerprint density at radius 1 is 0.967 bits per heavy atom. The Morgan fingerprint density at radius 2 is 1.70 bits per heavy atom. The molecule has 0 aliphatic heterocycles. The van der Waals surface area contributed by atoms with Gasteiger partial charge in [0.2, 0.25) is 0 Å². The molecule has 0 saturated carbocycles. The Kier molecular flexibility index (Phi) is 10.4. The molecule has 2 N–H and O–H groups in total. The summed E-state index contributed by atoms with van der Waals surface area (Å²) in [5.41, 5.74) is 3.29. The standard InChI is InChI=1S/C23H25ClN4O.HI/c1-25-23(27-15-13-18-5-9-20(24)10-6-18)28-16-19-7-11-22(12-8-19)29-17-21-4-2-3-14-26-21;/h2-12,14H,13,15-17H2,1H3,(H2,25,27,28);1H. The third-order valence-electron chi connectivity index (χ3n) is 4.34. The van der Waals surface area contributed by atoms with Crippen LogP contribution in [-0.2, 0) is 19.6 Å². The van der Waals surface area contributed by atoms with Crippen molar-refractivity contribution < 1.29 is 4.74 Å². The van der Waals surface area contributed by atoms with Gasteiger partial charge in [-0.05, 0) is 53.9 Å². The van der Waals surface area contributed by atoms with Gasteiger partial charge in [-0.1, -0.05) is 41.9 Å². The molecule has 0 aliphatic rings. The lowest BCUT2D eigenvalue weighted by atomic mass is 10.1. The van der Waals surface area contributed by atoms with E-state index in [0.717, 1.165) is 41.0 Å². The number of benzene rings is 2. The number of aliphatic imine (C=N–C) groups is 1. The van der Waals surface area contributed by atoms with Gasteiger partial charge in [-0.2, -0.15) is 0 Å². The summed E-state index contributed by atoms with van der Waals surface area (Å²) in [6.07, 6.45) is 2.67. The van der Waals surface area contributed by atoms with Crippen molar-refractivity contribution in [1.82, 2.24) is 15.6 Å². The normalized spacial score (nSPS) is 10.8. The summed E-state index contributed by atoms with van der Waals surface area (Å²) in [4.78, 5) is 8.53. The summed E-state index contributed by atoms with van der Waals surface area (Å²) in [6, 6.07) is 21.7. The van der Waals surface area contributed by atoms with Gasteiger partial charge in [-0.25, -0.2) is 0 Å². The topological polar surface area (TPSA) is 58.5 Å². The molecule has 0 spiro atoms. The summed E-state index contributed by atoms with van der Waals surface area (Å²) < 4.78 is 5.77. The van der Waals surface area contributed by atoms with Crippen molar-refractivity contribution in [3.8, 4) is 5.75 Å². The maximum atomic E-state index is 5.92. The van der Waals surface area contributed by atoms with E-state index in [0.29, 0.717) is 13.2 Å². The second kappa shape index (κ2) is 13.1. The molecule has 0 radical (unpaired) electrons. The van der Waals surface area contributed by atoms with E-state index in [9.17, 15) is 0 Å². The number of halogens is 2. The number of nitrogens with zero attached hydrogens (tertiary/aromatic N) is 2. The van der Waals surface area contributed by atoms with Gasteiger partial charge in [0.1, 0.15) is 12.4 Å². The van der Waals surface area contributed by atoms with Crippen LogP contribution in [0.3, 0.4) is 0 Å². The predicted molar refractivity (Wildman–Crippen MR) is 134 cm³/mol. The first-order valence-corrected chi connectivity index (χ1v) is 9.91. The van der Waals surface area contributed by atoms with Crippen LogP contribution in [0, 0.1) is 0 Å². The molecule has 5 nitrogen and oxygen atoms in total. The molecule has 0 fully saturated rings. The SMILES string of the molecule is CN=C(NCCc1ccc(Cl)cc1)NCc1ccc(OCc2ccccn2)cc1.I. The lowest BCUT2D eigenvalue weighted by Gasteiger charge is -2.12. The van der Waals surface area contributed by atoms with Crippen LogP contribution in [0.4, 0.5) is 0 Å². The summed E-state index contributed by atoms with van der Waals surface area (Å²) in [6.45, 7) is 1.94. The molecule has 0 amide bonds. The Morgan fingerprint density at radius 3 is 2.37 bits per heavy atom. The highest BCUT2D eigenvalue weighted by atomic mass is 127. The van der Waals surface area contributed by atoms with Crippen molar-refractivity contribution in [3.05, 3.63) is 94.8 Å². The van der Waals surface area contributed by atoms with Crippen LogP contribution in [0.1, 0.15) is 16.8 Å². The average Bonchev–Trinajstić information content (AvgIpc) is 2.77. The van der Waals surface area contributed by atoms with E-state index in [4.69, 9.17) is 16.3 Å². The summed E-state index contributed by atoms with van der Waals surface area (Å²) >= 11 is 5.92. The van der Waals surface area contributed by atoms with E-state index in [2.05, 4.69) is 20.6 Å². The minimum absolute atomic E-state index is 0. The van der Waals surface area contributed by atoms with Crippen LogP contribution in [0.25, 0.3) is 0 Å². The van der Waals surface area contributed by atoms with E-state index in [1.807, 2.05) is 66.7 Å². The van der Waals surface area contributed by atoms with E-state index >= 15 is 0 Å². The monoisotopic (exact) mass is 536 g/mol. The minimum Gasteiger partial charge on any atom is -0.487 e. The lowest BCUT2D eigenvalue weighted by molar-refractivity contribution is 0.301. The maximum absolute atomic E-state index is 5.92. The molecule has 0 saturated heterocycles. The van der Waals surface area contributed by atoms with Gasteiger partial charge >= 0.3 is 0 Å². The lowest BCUT2D eigenvalue weighted by Crippen LogP contribution is -2.37. The van der Waals surface area contributed by atoms with Crippen molar-refractivity contribution in [2.75, 3.05) is 13.6 Å². The largest absolute Gasteiger partial charge is 0.487 e. The fourth-order valence-corrected chi connectivity index (χ4v) is 2.85. The van der Waals surface area contributed by atoms with Gasteiger partial charge in [-0.3, -0.25) is 9.98 Å². The summed E-state index contributed by atoms with van der Waals surface area (Å²) in [7, 11) is 1.77. The minimum atomic E-state index is 0. The molecule has 1 heterocycles. The third-order valence-corrected chi connectivity index (χ3v) is 4.59. The second-order valence-electron chi connectivity index (χ2n) is 6.48. The fourth-order valence-electron chi connectivity index (χ4n) is 2.73. The molecule has 1 aromatic heterocycles. The van der Waals surface area contributed by atoms with Gasteiger partial charge < -0.3 is 15.4 Å². The zero-order chi connectivity index (χ0) is 20.3. The number of nitrogens with one attached hydrogen (secondary N) is 2. The zero-order valence-corrected chi connectivity index (χ0v) is 19.9. The van der Waals surface area contributed by atoms with Gasteiger partial charge in [0.05, 0.1) is 5.69 Å². The first-order valence-electron chi connectivity index (χ1n) is 9.53. The van der Waals surface area contributed by atoms with Crippen molar-refractivity contribution in [2.45, 2.75) is 19.6 Å². The van der Waals surface area contributed by atoms with Crippen molar-refractivity contribution in [3.63, 3.8) is 0 Å². The molecule has 0 bridgehead atoms. The molecule has 3 rings (SSSR count). The number of hydrogen-bond donors (Lipinski definition) is 2. The van der Waals surface area contributed by atoms with E-state index in [1.54, 1.807) is 13.2 Å². The quantitative estimate of drug-likeness (QED) is 0.246.